The molecule has 3 heterocycles. The van der Waals surface area contributed by atoms with Crippen molar-refractivity contribution in [2.45, 2.75) is 25.2 Å². The summed E-state index contributed by atoms with van der Waals surface area (Å²) in [6, 6.07) is 6.03. The minimum atomic E-state index is -0.193. The number of likely N-dealkylation sites (tertiary alicyclic amines) is 1. The van der Waals surface area contributed by atoms with Crippen LogP contribution in [0.2, 0.25) is 4.34 Å². The Hall–Kier alpha value is -1.44. The summed E-state index contributed by atoms with van der Waals surface area (Å²) in [6.45, 7) is 3.58. The van der Waals surface area contributed by atoms with Gasteiger partial charge >= 0.3 is 0 Å². The molecule has 4 rings (SSSR count). The zero-order valence-electron chi connectivity index (χ0n) is 14.2. The van der Waals surface area contributed by atoms with E-state index in [0.29, 0.717) is 17.4 Å². The first-order valence-electron chi connectivity index (χ1n) is 8.34. The molecule has 1 atom stereocenters. The normalized spacial score (nSPS) is 21.5. The Morgan fingerprint density at radius 2 is 2.19 bits per heavy atom. The molecule has 1 saturated heterocycles. The van der Waals surface area contributed by atoms with Crippen LogP contribution < -0.4 is 4.90 Å². The van der Waals surface area contributed by atoms with Crippen LogP contribution in [-0.2, 0) is 21.4 Å². The van der Waals surface area contributed by atoms with Crippen LogP contribution in [0.5, 0.6) is 0 Å². The number of fused-ring (bicyclic) bond motifs is 2. The molecule has 0 N–H and O–H groups in total. The maximum absolute atomic E-state index is 13.0. The highest BCUT2D eigenvalue weighted by Crippen LogP contribution is 2.47. The minimum Gasteiger partial charge on any atom is -0.342 e. The van der Waals surface area contributed by atoms with Gasteiger partial charge in [0.15, 0.2) is 0 Å². The first-order valence-corrected chi connectivity index (χ1v) is 10.3. The fourth-order valence-electron chi connectivity index (χ4n) is 3.95. The summed E-state index contributed by atoms with van der Waals surface area (Å²) in [5.41, 5.74) is 1.88. The van der Waals surface area contributed by atoms with Gasteiger partial charge in [-0.05, 0) is 30.2 Å². The lowest BCUT2D eigenvalue weighted by Gasteiger charge is -2.25. The number of amides is 2. The average molecular weight is 455 g/mol. The summed E-state index contributed by atoms with van der Waals surface area (Å²) in [5, 5.41) is 0.719. The molecule has 1 spiro atoms. The zero-order valence-corrected chi connectivity index (χ0v) is 17.3. The van der Waals surface area contributed by atoms with Crippen LogP contribution >= 0.6 is 38.9 Å². The van der Waals surface area contributed by atoms with E-state index in [1.54, 1.807) is 13.1 Å². The maximum atomic E-state index is 13.0. The van der Waals surface area contributed by atoms with Crippen LogP contribution in [0.15, 0.2) is 28.9 Å². The highest BCUT2D eigenvalue weighted by molar-refractivity contribution is 9.10. The molecule has 5 nitrogen and oxygen atoms in total. The third-order valence-electron chi connectivity index (χ3n) is 5.21. The van der Waals surface area contributed by atoms with Crippen LogP contribution in [-0.4, -0.2) is 41.3 Å². The molecule has 0 saturated carbocycles. The van der Waals surface area contributed by atoms with E-state index < -0.39 is 0 Å². The number of nitrogens with zero attached hydrogens (tertiary/aromatic N) is 3. The van der Waals surface area contributed by atoms with Gasteiger partial charge in [0, 0.05) is 42.1 Å². The van der Waals surface area contributed by atoms with Crippen molar-refractivity contribution in [1.29, 1.82) is 0 Å². The van der Waals surface area contributed by atoms with Crippen molar-refractivity contribution in [3.8, 4) is 0 Å². The van der Waals surface area contributed by atoms with E-state index in [0.717, 1.165) is 33.7 Å². The van der Waals surface area contributed by atoms with Gasteiger partial charge in [0.25, 0.3) is 0 Å². The number of hydrogen-bond acceptors (Lipinski definition) is 4. The first kappa shape index (κ1) is 17.9. The number of benzene rings is 1. The molecule has 1 aromatic heterocycles. The lowest BCUT2D eigenvalue weighted by atomic mass is 9.81. The molecule has 1 aromatic carbocycles. The van der Waals surface area contributed by atoms with Gasteiger partial charge in [-0.15, -0.1) is 11.3 Å². The van der Waals surface area contributed by atoms with Gasteiger partial charge in [0.2, 0.25) is 11.8 Å². The third-order valence-corrected chi connectivity index (χ3v) is 6.82. The molecule has 2 amide bonds. The smallest absolute Gasteiger partial charge is 0.233 e. The van der Waals surface area contributed by atoms with Crippen molar-refractivity contribution in [2.75, 3.05) is 24.5 Å². The molecule has 2 aromatic rings. The van der Waals surface area contributed by atoms with E-state index in [1.165, 1.54) is 11.3 Å². The van der Waals surface area contributed by atoms with Crippen molar-refractivity contribution in [3.63, 3.8) is 0 Å². The molecule has 136 valence electrons. The Kier molecular flexibility index (Phi) is 4.57. The van der Waals surface area contributed by atoms with Gasteiger partial charge in [-0.3, -0.25) is 9.59 Å². The van der Waals surface area contributed by atoms with Crippen LogP contribution in [0.3, 0.4) is 0 Å². The Balaban J connectivity index is 1.66. The van der Waals surface area contributed by atoms with Crippen LogP contribution in [0.25, 0.3) is 0 Å². The number of carbonyl (C=O) groups excluding carboxylic acids is 2. The highest BCUT2D eigenvalue weighted by atomic mass is 79.9. The van der Waals surface area contributed by atoms with Crippen molar-refractivity contribution in [2.24, 2.45) is 0 Å². The summed E-state index contributed by atoms with van der Waals surface area (Å²) in [5.74, 6) is 0.0957. The molecular formula is C18H17BrClN3O2S. The molecule has 2 aliphatic heterocycles. The topological polar surface area (TPSA) is 53.5 Å². The van der Waals surface area contributed by atoms with Crippen LogP contribution in [0, 0.1) is 0 Å². The fraction of sp³-hybridized carbons (Fsp3) is 0.389. The summed E-state index contributed by atoms with van der Waals surface area (Å²) in [6.07, 6.45) is 2.68. The molecule has 2 aliphatic rings. The summed E-state index contributed by atoms with van der Waals surface area (Å²) in [4.78, 5) is 32.7. The van der Waals surface area contributed by atoms with Gasteiger partial charge in [-0.1, -0.05) is 27.5 Å². The van der Waals surface area contributed by atoms with E-state index in [9.17, 15) is 9.59 Å². The van der Waals surface area contributed by atoms with Gasteiger partial charge in [0.05, 0.1) is 12.6 Å². The lowest BCUT2D eigenvalue weighted by molar-refractivity contribution is -0.127. The Morgan fingerprint density at radius 3 is 2.85 bits per heavy atom. The predicted molar refractivity (Wildman–Crippen MR) is 106 cm³/mol. The summed E-state index contributed by atoms with van der Waals surface area (Å²) >= 11 is 10.8. The Labute approximate surface area is 169 Å². The number of anilines is 1. The molecular weight excluding hydrogens is 438 g/mol. The zero-order chi connectivity index (χ0) is 18.5. The van der Waals surface area contributed by atoms with Gasteiger partial charge < -0.3 is 9.80 Å². The largest absolute Gasteiger partial charge is 0.342 e. The van der Waals surface area contributed by atoms with Gasteiger partial charge in [-0.2, -0.15) is 0 Å². The van der Waals surface area contributed by atoms with E-state index in [1.807, 2.05) is 21.9 Å². The summed E-state index contributed by atoms with van der Waals surface area (Å²) in [7, 11) is 0. The minimum absolute atomic E-state index is 0.0118. The van der Waals surface area contributed by atoms with E-state index >= 15 is 0 Å². The molecule has 26 heavy (non-hydrogen) atoms. The first-order chi connectivity index (χ1) is 12.4. The van der Waals surface area contributed by atoms with Crippen LogP contribution in [0.1, 0.15) is 23.9 Å². The standard InChI is InChI=1S/C18H17BrClN3O2S/c1-11(24)22-5-4-18(9-22)10-23(14-3-2-12(19)6-13(14)18)17(25)7-16-21-8-15(20)26-16/h2-3,6,8H,4-5,7,9-10H2,1H3. The number of thiazole rings is 1. The van der Waals surface area contributed by atoms with E-state index in [4.69, 9.17) is 11.6 Å². The molecule has 1 fully saturated rings. The van der Waals surface area contributed by atoms with Crippen molar-refractivity contribution in [1.82, 2.24) is 9.88 Å². The lowest BCUT2D eigenvalue weighted by Crippen LogP contribution is -2.40. The number of hydrogen-bond donors (Lipinski definition) is 0. The average Bonchev–Trinajstić information content (AvgIpc) is 3.27. The quantitative estimate of drug-likeness (QED) is 0.696. The van der Waals surface area contributed by atoms with Gasteiger partial charge in [0.1, 0.15) is 9.34 Å². The second-order valence-electron chi connectivity index (χ2n) is 6.85. The SMILES string of the molecule is CC(=O)N1CCC2(C1)CN(C(=O)Cc1ncc(Cl)s1)c1ccc(Br)cc12. The number of rotatable bonds is 2. The molecule has 0 aliphatic carbocycles. The molecule has 0 bridgehead atoms. The Bertz CT molecular complexity index is 902. The van der Waals surface area contributed by atoms with Crippen molar-refractivity contribution >= 4 is 56.4 Å². The summed E-state index contributed by atoms with van der Waals surface area (Å²) < 4.78 is 1.57. The number of halogens is 2. The molecule has 0 radical (unpaired) electrons. The maximum Gasteiger partial charge on any atom is 0.233 e. The van der Waals surface area contributed by atoms with Crippen molar-refractivity contribution < 1.29 is 9.59 Å². The van der Waals surface area contributed by atoms with Gasteiger partial charge in [-0.25, -0.2) is 4.98 Å². The monoisotopic (exact) mass is 453 g/mol. The highest BCUT2D eigenvalue weighted by Gasteiger charge is 2.49. The third kappa shape index (κ3) is 3.06. The predicted octanol–water partition coefficient (Wildman–Crippen LogP) is 3.64. The number of aromatic nitrogens is 1. The van der Waals surface area contributed by atoms with Crippen molar-refractivity contribution in [3.05, 3.63) is 43.8 Å². The number of carbonyl (C=O) groups is 2. The van der Waals surface area contributed by atoms with E-state index in [2.05, 4.69) is 27.0 Å². The fourth-order valence-corrected chi connectivity index (χ4v) is 5.26. The van der Waals surface area contributed by atoms with E-state index in [-0.39, 0.29) is 23.7 Å². The molecule has 1 unspecified atom stereocenters. The second-order valence-corrected chi connectivity index (χ2v) is 9.51. The molecule has 8 heteroatoms. The second kappa shape index (κ2) is 6.62. The van der Waals surface area contributed by atoms with Crippen LogP contribution in [0.4, 0.5) is 5.69 Å². The Morgan fingerprint density at radius 1 is 1.38 bits per heavy atom.